The second-order valence-electron chi connectivity index (χ2n) is 5.06. The number of anilines is 1. The van der Waals surface area contributed by atoms with Crippen LogP contribution in [0.4, 0.5) is 5.95 Å². The van der Waals surface area contributed by atoms with E-state index < -0.39 is 0 Å². The van der Waals surface area contributed by atoms with Crippen LogP contribution in [0.1, 0.15) is 25.1 Å². The number of rotatable bonds is 0. The molecule has 0 unspecified atom stereocenters. The van der Waals surface area contributed by atoms with E-state index in [4.69, 9.17) is 5.73 Å². The van der Waals surface area contributed by atoms with Crippen LogP contribution in [0.25, 0.3) is 11.3 Å². The zero-order chi connectivity index (χ0) is 11.3. The largest absolute Gasteiger partial charge is 0.369 e. The molecule has 3 rings (SSSR count). The minimum absolute atomic E-state index is 0.141. The maximum atomic E-state index is 5.74. The first kappa shape index (κ1) is 9.46. The van der Waals surface area contributed by atoms with E-state index in [1.165, 1.54) is 11.1 Å². The quantitative estimate of drug-likeness (QED) is 0.706. The van der Waals surface area contributed by atoms with Crippen LogP contribution in [0.2, 0.25) is 0 Å². The van der Waals surface area contributed by atoms with Gasteiger partial charge in [-0.1, -0.05) is 38.1 Å². The summed E-state index contributed by atoms with van der Waals surface area (Å²) in [4.78, 5) is 7.54. The molecule has 0 fully saturated rings. The number of hydrogen-bond donors (Lipinski definition) is 2. The number of hydrogen-bond acceptors (Lipinski definition) is 2. The summed E-state index contributed by atoms with van der Waals surface area (Å²) in [5, 5.41) is 0. The van der Waals surface area contributed by atoms with Gasteiger partial charge in [-0.3, -0.25) is 0 Å². The highest BCUT2D eigenvalue weighted by Gasteiger charge is 2.32. The van der Waals surface area contributed by atoms with Gasteiger partial charge in [0.15, 0.2) is 5.95 Å². The summed E-state index contributed by atoms with van der Waals surface area (Å²) in [6, 6.07) is 8.44. The van der Waals surface area contributed by atoms with Crippen molar-refractivity contribution >= 4 is 5.95 Å². The molecule has 1 heterocycles. The monoisotopic (exact) mass is 213 g/mol. The van der Waals surface area contributed by atoms with Crippen LogP contribution in [0.15, 0.2) is 24.3 Å². The van der Waals surface area contributed by atoms with Crippen LogP contribution in [-0.2, 0) is 11.8 Å². The second-order valence-corrected chi connectivity index (χ2v) is 5.06. The van der Waals surface area contributed by atoms with Gasteiger partial charge in [-0.25, -0.2) is 4.98 Å². The molecule has 0 radical (unpaired) electrons. The standard InChI is InChI=1S/C13H15N3/c1-13(2)7-10-11(16-12(14)15-10)8-5-3-4-6-9(8)13/h3-6H,7H2,1-2H3,(H3,14,15,16). The summed E-state index contributed by atoms with van der Waals surface area (Å²) in [5.41, 5.74) is 10.6. The number of benzene rings is 1. The summed E-state index contributed by atoms with van der Waals surface area (Å²) < 4.78 is 0. The Morgan fingerprint density at radius 2 is 2.06 bits per heavy atom. The average molecular weight is 213 g/mol. The van der Waals surface area contributed by atoms with Crippen molar-refractivity contribution in [2.75, 3.05) is 5.73 Å². The van der Waals surface area contributed by atoms with E-state index in [0.717, 1.165) is 17.8 Å². The predicted molar refractivity (Wildman–Crippen MR) is 65.2 cm³/mol. The summed E-state index contributed by atoms with van der Waals surface area (Å²) in [7, 11) is 0. The number of nitrogens with zero attached hydrogens (tertiary/aromatic N) is 1. The lowest BCUT2D eigenvalue weighted by atomic mass is 9.73. The van der Waals surface area contributed by atoms with E-state index >= 15 is 0 Å². The Kier molecular flexibility index (Phi) is 1.70. The Morgan fingerprint density at radius 1 is 1.31 bits per heavy atom. The molecule has 82 valence electrons. The fourth-order valence-corrected chi connectivity index (χ4v) is 2.60. The normalized spacial score (nSPS) is 16.6. The number of imidazole rings is 1. The van der Waals surface area contributed by atoms with Gasteiger partial charge in [0, 0.05) is 11.3 Å². The first-order valence-corrected chi connectivity index (χ1v) is 5.52. The molecule has 0 atom stereocenters. The van der Waals surface area contributed by atoms with Crippen LogP contribution in [-0.4, -0.2) is 9.97 Å². The van der Waals surface area contributed by atoms with Gasteiger partial charge in [0.25, 0.3) is 0 Å². The third-order valence-electron chi connectivity index (χ3n) is 3.33. The molecule has 0 saturated heterocycles. The topological polar surface area (TPSA) is 54.7 Å². The molecule has 3 N–H and O–H groups in total. The van der Waals surface area contributed by atoms with Crippen molar-refractivity contribution < 1.29 is 0 Å². The van der Waals surface area contributed by atoms with Crippen molar-refractivity contribution in [2.24, 2.45) is 0 Å². The number of aromatic amines is 1. The Balaban J connectivity index is 2.32. The fraction of sp³-hybridized carbons (Fsp3) is 0.308. The number of fused-ring (bicyclic) bond motifs is 3. The molecule has 0 bridgehead atoms. The smallest absolute Gasteiger partial charge is 0.198 e. The molecule has 0 spiro atoms. The molecule has 1 aromatic heterocycles. The van der Waals surface area contributed by atoms with E-state index in [9.17, 15) is 0 Å². The van der Waals surface area contributed by atoms with E-state index in [1.807, 2.05) is 0 Å². The second kappa shape index (κ2) is 2.88. The van der Waals surface area contributed by atoms with Gasteiger partial charge < -0.3 is 10.7 Å². The third-order valence-corrected chi connectivity index (χ3v) is 3.33. The van der Waals surface area contributed by atoms with Crippen molar-refractivity contribution in [3.05, 3.63) is 35.5 Å². The minimum Gasteiger partial charge on any atom is -0.369 e. The van der Waals surface area contributed by atoms with Crippen molar-refractivity contribution in [3.8, 4) is 11.3 Å². The first-order chi connectivity index (χ1) is 7.58. The summed E-state index contributed by atoms with van der Waals surface area (Å²) in [5.74, 6) is 0.512. The van der Waals surface area contributed by atoms with Crippen LogP contribution >= 0.6 is 0 Å². The number of aromatic nitrogens is 2. The molecular formula is C13H15N3. The molecule has 1 aliphatic rings. The highest BCUT2D eigenvalue weighted by Crippen LogP contribution is 2.41. The van der Waals surface area contributed by atoms with Crippen LogP contribution < -0.4 is 5.73 Å². The fourth-order valence-electron chi connectivity index (χ4n) is 2.60. The van der Waals surface area contributed by atoms with Gasteiger partial charge in [0.05, 0.1) is 5.69 Å². The lowest BCUT2D eigenvalue weighted by Crippen LogP contribution is -2.25. The highest BCUT2D eigenvalue weighted by atomic mass is 15.0. The Hall–Kier alpha value is -1.77. The number of H-pyrrole nitrogens is 1. The van der Waals surface area contributed by atoms with Crippen LogP contribution in [0.5, 0.6) is 0 Å². The molecule has 3 nitrogen and oxygen atoms in total. The number of nitrogens with one attached hydrogen (secondary N) is 1. The maximum Gasteiger partial charge on any atom is 0.198 e. The highest BCUT2D eigenvalue weighted by molar-refractivity contribution is 5.71. The average Bonchev–Trinajstić information content (AvgIpc) is 2.58. The molecule has 16 heavy (non-hydrogen) atoms. The van der Waals surface area contributed by atoms with E-state index in [1.54, 1.807) is 0 Å². The predicted octanol–water partition coefficient (Wildman–Crippen LogP) is 2.49. The maximum absolute atomic E-state index is 5.74. The molecule has 2 aromatic rings. The molecule has 3 heteroatoms. The molecular weight excluding hydrogens is 198 g/mol. The SMILES string of the molecule is CC1(C)Cc2[nH]c(N)nc2-c2ccccc21. The van der Waals surface area contributed by atoms with Crippen molar-refractivity contribution in [2.45, 2.75) is 25.7 Å². The van der Waals surface area contributed by atoms with Crippen LogP contribution in [0, 0.1) is 0 Å². The number of nitrogen functional groups attached to an aromatic ring is 1. The molecule has 1 aliphatic carbocycles. The first-order valence-electron chi connectivity index (χ1n) is 5.52. The van der Waals surface area contributed by atoms with Crippen molar-refractivity contribution in [1.82, 2.24) is 9.97 Å². The molecule has 0 aliphatic heterocycles. The number of nitrogens with two attached hydrogens (primary N) is 1. The van der Waals surface area contributed by atoms with Gasteiger partial charge in [0.2, 0.25) is 0 Å². The van der Waals surface area contributed by atoms with E-state index in [0.29, 0.717) is 5.95 Å². The van der Waals surface area contributed by atoms with Crippen LogP contribution in [0.3, 0.4) is 0 Å². The molecule has 0 amide bonds. The Bertz CT molecular complexity index is 552. The van der Waals surface area contributed by atoms with Gasteiger partial charge in [-0.05, 0) is 17.4 Å². The van der Waals surface area contributed by atoms with Gasteiger partial charge in [0.1, 0.15) is 0 Å². The van der Waals surface area contributed by atoms with E-state index in [2.05, 4.69) is 48.1 Å². The Labute approximate surface area is 94.7 Å². The van der Waals surface area contributed by atoms with Crippen molar-refractivity contribution in [3.63, 3.8) is 0 Å². The summed E-state index contributed by atoms with van der Waals surface area (Å²) in [6.45, 7) is 4.51. The third kappa shape index (κ3) is 1.18. The lowest BCUT2D eigenvalue weighted by Gasteiger charge is -2.31. The van der Waals surface area contributed by atoms with Gasteiger partial charge in [-0.15, -0.1) is 0 Å². The summed E-state index contributed by atoms with van der Waals surface area (Å²) in [6.07, 6.45) is 0.962. The van der Waals surface area contributed by atoms with Crippen molar-refractivity contribution in [1.29, 1.82) is 0 Å². The molecule has 0 saturated carbocycles. The molecule has 1 aromatic carbocycles. The lowest BCUT2D eigenvalue weighted by molar-refractivity contribution is 0.511. The van der Waals surface area contributed by atoms with Gasteiger partial charge >= 0.3 is 0 Å². The Morgan fingerprint density at radius 3 is 2.88 bits per heavy atom. The zero-order valence-electron chi connectivity index (χ0n) is 9.54. The van der Waals surface area contributed by atoms with Gasteiger partial charge in [-0.2, -0.15) is 0 Å². The van der Waals surface area contributed by atoms with E-state index in [-0.39, 0.29) is 5.41 Å². The summed E-state index contributed by atoms with van der Waals surface area (Å²) >= 11 is 0. The minimum atomic E-state index is 0.141. The zero-order valence-corrected chi connectivity index (χ0v) is 9.54.